The summed E-state index contributed by atoms with van der Waals surface area (Å²) >= 11 is 0. The van der Waals surface area contributed by atoms with Crippen molar-refractivity contribution in [2.45, 2.75) is 92.0 Å². The third-order valence-electron chi connectivity index (χ3n) is 6.20. The number of ketones is 1. The van der Waals surface area contributed by atoms with Crippen LogP contribution in [0.5, 0.6) is 11.5 Å². The van der Waals surface area contributed by atoms with Crippen molar-refractivity contribution in [2.24, 2.45) is 0 Å². The van der Waals surface area contributed by atoms with Crippen molar-refractivity contribution in [1.82, 2.24) is 10.6 Å². The number of unbranched alkanes of at least 4 members (excludes halogenated alkanes) is 1. The third kappa shape index (κ3) is 21.9. The van der Waals surface area contributed by atoms with Gasteiger partial charge in [-0.3, -0.25) is 14.4 Å². The van der Waals surface area contributed by atoms with Gasteiger partial charge in [-0.2, -0.15) is 0 Å². The number of carbonyl (C=O) groups is 4. The van der Waals surface area contributed by atoms with Gasteiger partial charge in [-0.25, -0.2) is 0 Å². The molecule has 2 N–H and O–H groups in total. The SMILES string of the molecule is CCC.CCCC.COCCOCCNC(=O)C(Cc1ccc(OC(=O)CCC(C)=O)cc1)NC(=O)CCc1ccc(OC)cc1. The van der Waals surface area contributed by atoms with Crippen LogP contribution >= 0.6 is 0 Å². The second-order valence-electron chi connectivity index (χ2n) is 10.6. The van der Waals surface area contributed by atoms with Crippen LogP contribution in [0.4, 0.5) is 0 Å². The summed E-state index contributed by atoms with van der Waals surface area (Å²) < 4.78 is 20.7. The van der Waals surface area contributed by atoms with E-state index in [9.17, 15) is 19.2 Å². The van der Waals surface area contributed by atoms with Crippen LogP contribution in [-0.4, -0.2) is 70.2 Å². The first-order chi connectivity index (χ1) is 22.1. The Morgan fingerprint density at radius 3 is 1.87 bits per heavy atom. The lowest BCUT2D eigenvalue weighted by molar-refractivity contribution is -0.136. The average molecular weight is 645 g/mol. The van der Waals surface area contributed by atoms with Gasteiger partial charge in [0.25, 0.3) is 0 Å². The zero-order valence-electron chi connectivity index (χ0n) is 28.9. The molecule has 0 aliphatic rings. The Hall–Kier alpha value is -3.76. The maximum Gasteiger partial charge on any atom is 0.311 e. The molecule has 0 radical (unpaired) electrons. The van der Waals surface area contributed by atoms with Crippen LogP contribution in [0.25, 0.3) is 0 Å². The molecule has 2 rings (SSSR count). The molecule has 0 heterocycles. The highest BCUT2D eigenvalue weighted by atomic mass is 16.5. The minimum absolute atomic E-state index is 0.0110. The van der Waals surface area contributed by atoms with Crippen LogP contribution in [-0.2, 0) is 41.5 Å². The van der Waals surface area contributed by atoms with E-state index < -0.39 is 12.0 Å². The lowest BCUT2D eigenvalue weighted by Gasteiger charge is -2.19. The van der Waals surface area contributed by atoms with Crippen molar-refractivity contribution < 1.29 is 38.1 Å². The average Bonchev–Trinajstić information content (AvgIpc) is 3.05. The van der Waals surface area contributed by atoms with Gasteiger partial charge in [0, 0.05) is 32.9 Å². The normalized spacial score (nSPS) is 10.7. The number of amides is 2. The van der Waals surface area contributed by atoms with Crippen molar-refractivity contribution in [3.63, 3.8) is 0 Å². The number of esters is 1. The Bertz CT molecular complexity index is 1100. The van der Waals surface area contributed by atoms with E-state index in [2.05, 4.69) is 38.3 Å². The van der Waals surface area contributed by atoms with Crippen LogP contribution in [0.2, 0.25) is 0 Å². The van der Waals surface area contributed by atoms with Gasteiger partial charge in [0.05, 0.1) is 33.4 Å². The van der Waals surface area contributed by atoms with E-state index in [-0.39, 0.29) is 49.8 Å². The number of Topliss-reactive ketones (excluding diaryl/α,β-unsaturated/α-hetero) is 1. The number of benzene rings is 2. The number of methoxy groups -OCH3 is 2. The molecule has 0 fully saturated rings. The van der Waals surface area contributed by atoms with Crippen molar-refractivity contribution in [1.29, 1.82) is 0 Å². The number of nitrogens with one attached hydrogen (secondary N) is 2. The maximum absolute atomic E-state index is 12.9. The molecule has 1 unspecified atom stereocenters. The maximum atomic E-state index is 12.9. The second kappa shape index (κ2) is 27.5. The molecule has 10 nitrogen and oxygen atoms in total. The molecule has 1 atom stereocenters. The van der Waals surface area contributed by atoms with E-state index >= 15 is 0 Å². The number of hydrogen-bond acceptors (Lipinski definition) is 8. The van der Waals surface area contributed by atoms with Gasteiger partial charge < -0.3 is 34.4 Å². The summed E-state index contributed by atoms with van der Waals surface area (Å²) in [6, 6.07) is 13.3. The first kappa shape index (κ1) is 42.2. The number of rotatable bonds is 19. The molecular formula is C36H56N2O8. The largest absolute Gasteiger partial charge is 0.497 e. The smallest absolute Gasteiger partial charge is 0.311 e. The number of aryl methyl sites for hydroxylation is 1. The summed E-state index contributed by atoms with van der Waals surface area (Å²) in [6.45, 7) is 11.5. The van der Waals surface area contributed by atoms with Crippen LogP contribution in [0, 0.1) is 0 Å². The number of ether oxygens (including phenoxy) is 4. The van der Waals surface area contributed by atoms with Gasteiger partial charge in [-0.1, -0.05) is 71.2 Å². The highest BCUT2D eigenvalue weighted by Crippen LogP contribution is 2.16. The predicted molar refractivity (Wildman–Crippen MR) is 181 cm³/mol. The molecule has 258 valence electrons. The quantitative estimate of drug-likeness (QED) is 0.114. The van der Waals surface area contributed by atoms with E-state index in [0.717, 1.165) is 16.9 Å². The summed E-state index contributed by atoms with van der Waals surface area (Å²) in [6.07, 6.45) is 5.00. The van der Waals surface area contributed by atoms with Crippen LogP contribution < -0.4 is 20.1 Å². The van der Waals surface area contributed by atoms with Gasteiger partial charge >= 0.3 is 5.97 Å². The lowest BCUT2D eigenvalue weighted by atomic mass is 10.0. The Morgan fingerprint density at radius 1 is 0.739 bits per heavy atom. The fraction of sp³-hybridized carbons (Fsp3) is 0.556. The first-order valence-corrected chi connectivity index (χ1v) is 16.2. The molecule has 0 saturated heterocycles. The molecule has 2 aromatic rings. The Kier molecular flexibility index (Phi) is 25.3. The highest BCUT2D eigenvalue weighted by Gasteiger charge is 2.21. The summed E-state index contributed by atoms with van der Waals surface area (Å²) in [4.78, 5) is 48.6. The van der Waals surface area contributed by atoms with E-state index in [1.807, 2.05) is 24.3 Å². The highest BCUT2D eigenvalue weighted by molar-refractivity contribution is 5.88. The molecule has 0 aliphatic carbocycles. The van der Waals surface area contributed by atoms with Crippen LogP contribution in [0.3, 0.4) is 0 Å². The third-order valence-corrected chi connectivity index (χ3v) is 6.20. The minimum Gasteiger partial charge on any atom is -0.497 e. The minimum atomic E-state index is -0.809. The summed E-state index contributed by atoms with van der Waals surface area (Å²) in [5, 5.41) is 5.64. The summed E-state index contributed by atoms with van der Waals surface area (Å²) in [5.74, 6) is -0.0829. The zero-order valence-corrected chi connectivity index (χ0v) is 28.9. The van der Waals surface area contributed by atoms with E-state index in [1.165, 1.54) is 26.2 Å². The molecule has 0 bridgehead atoms. The van der Waals surface area contributed by atoms with E-state index in [4.69, 9.17) is 18.9 Å². The van der Waals surface area contributed by atoms with E-state index in [0.29, 0.717) is 32.0 Å². The van der Waals surface area contributed by atoms with Gasteiger partial charge in [-0.05, 0) is 48.7 Å². The van der Waals surface area contributed by atoms with Crippen molar-refractivity contribution in [3.8, 4) is 11.5 Å². The molecule has 2 aromatic carbocycles. The Balaban J connectivity index is 0.00000262. The van der Waals surface area contributed by atoms with Crippen molar-refractivity contribution >= 4 is 23.6 Å². The molecule has 0 saturated carbocycles. The topological polar surface area (TPSA) is 129 Å². The zero-order chi connectivity index (χ0) is 34.6. The summed E-state index contributed by atoms with van der Waals surface area (Å²) in [5.41, 5.74) is 1.75. The monoisotopic (exact) mass is 644 g/mol. The molecule has 0 aromatic heterocycles. The predicted octanol–water partition coefficient (Wildman–Crippen LogP) is 5.63. The van der Waals surface area contributed by atoms with Gasteiger partial charge in [-0.15, -0.1) is 0 Å². The van der Waals surface area contributed by atoms with Gasteiger partial charge in [0.15, 0.2) is 0 Å². The fourth-order valence-corrected chi connectivity index (χ4v) is 3.53. The lowest BCUT2D eigenvalue weighted by Crippen LogP contribution is -2.48. The number of hydrogen-bond donors (Lipinski definition) is 2. The van der Waals surface area contributed by atoms with Crippen LogP contribution in [0.1, 0.15) is 84.3 Å². The molecule has 46 heavy (non-hydrogen) atoms. The van der Waals surface area contributed by atoms with Crippen molar-refractivity contribution in [3.05, 3.63) is 59.7 Å². The Labute approximate surface area is 275 Å². The fourth-order valence-electron chi connectivity index (χ4n) is 3.53. The standard InChI is InChI=1S/C29H38N2O8.C4H10.C3H8/c1-21(32)4-15-28(34)39-25-12-7-23(8-13-25)20-26(29(35)30-16-17-38-19-18-36-2)31-27(33)14-9-22-5-10-24(37-3)11-6-22;1-3-4-2;1-3-2/h5-8,10-13,26H,4,9,14-20H2,1-3H3,(H,30,35)(H,31,33);3-4H2,1-2H3;3H2,1-2H3. The molecule has 0 spiro atoms. The van der Waals surface area contributed by atoms with E-state index in [1.54, 1.807) is 38.5 Å². The van der Waals surface area contributed by atoms with Gasteiger partial charge in [0.1, 0.15) is 23.3 Å². The molecule has 0 aliphatic heterocycles. The molecular weight excluding hydrogens is 588 g/mol. The second-order valence-corrected chi connectivity index (χ2v) is 10.6. The van der Waals surface area contributed by atoms with Crippen LogP contribution in [0.15, 0.2) is 48.5 Å². The summed E-state index contributed by atoms with van der Waals surface area (Å²) in [7, 11) is 3.18. The van der Waals surface area contributed by atoms with Gasteiger partial charge in [0.2, 0.25) is 11.8 Å². The Morgan fingerprint density at radius 2 is 1.33 bits per heavy atom. The first-order valence-electron chi connectivity index (χ1n) is 16.2. The molecule has 10 heteroatoms. The van der Waals surface area contributed by atoms with Crippen molar-refractivity contribution in [2.75, 3.05) is 40.6 Å². The number of carbonyl (C=O) groups excluding carboxylic acids is 4. The molecule has 2 amide bonds.